The average Bonchev–Trinajstić information content (AvgIpc) is 2.84. The third kappa shape index (κ3) is 1.63. The summed E-state index contributed by atoms with van der Waals surface area (Å²) in [5.41, 5.74) is 0. The van der Waals surface area contributed by atoms with Gasteiger partial charge in [0.25, 0.3) is 0 Å². The number of Topliss-reactive ketones (excluding diaryl/α,β-unsaturated/α-hetero) is 1. The molecule has 0 radical (unpaired) electrons. The molecule has 2 atom stereocenters. The second kappa shape index (κ2) is 3.18. The highest BCUT2D eigenvalue weighted by atomic mass is 28.4. The fourth-order valence-electron chi connectivity index (χ4n) is 1.47. The molecule has 0 aromatic heterocycles. The van der Waals surface area contributed by atoms with Gasteiger partial charge in [0.05, 0.1) is 0 Å². The van der Waals surface area contributed by atoms with E-state index >= 15 is 0 Å². The van der Waals surface area contributed by atoms with E-state index < -0.39 is 20.5 Å². The lowest BCUT2D eigenvalue weighted by molar-refractivity contribution is -0.128. The Labute approximate surface area is 96.4 Å². The van der Waals surface area contributed by atoms with E-state index in [0.29, 0.717) is 11.5 Å². The molecular weight excluding hydrogens is 224 g/mol. The van der Waals surface area contributed by atoms with Crippen molar-refractivity contribution in [3.63, 3.8) is 0 Å². The summed E-state index contributed by atoms with van der Waals surface area (Å²) in [5, 5.41) is 9.82. The normalized spacial score (nSPS) is 29.2. The molecular formula is C11H18O4Si. The molecule has 1 N–H and O–H groups in total. The Morgan fingerprint density at radius 3 is 2.31 bits per heavy atom. The van der Waals surface area contributed by atoms with Gasteiger partial charge in [0.15, 0.2) is 14.1 Å². The van der Waals surface area contributed by atoms with Gasteiger partial charge in [-0.1, -0.05) is 20.8 Å². The maximum atomic E-state index is 11.7. The number of carbonyl (C=O) groups is 1. The van der Waals surface area contributed by atoms with Gasteiger partial charge in [0.1, 0.15) is 12.2 Å². The summed E-state index contributed by atoms with van der Waals surface area (Å²) < 4.78 is 10.8. The van der Waals surface area contributed by atoms with Crippen molar-refractivity contribution >= 4 is 14.1 Å². The molecule has 0 spiro atoms. The largest absolute Gasteiger partial charge is 0.447 e. The number of carbonyl (C=O) groups excluding carboxylic acids is 1. The van der Waals surface area contributed by atoms with Crippen LogP contribution in [0.4, 0.5) is 0 Å². The summed E-state index contributed by atoms with van der Waals surface area (Å²) >= 11 is 0. The van der Waals surface area contributed by atoms with Gasteiger partial charge < -0.3 is 14.3 Å². The van der Waals surface area contributed by atoms with Gasteiger partial charge in [-0.2, -0.15) is 0 Å². The van der Waals surface area contributed by atoms with E-state index in [0.717, 1.165) is 0 Å². The van der Waals surface area contributed by atoms with Crippen molar-refractivity contribution in [2.75, 3.05) is 0 Å². The fourth-order valence-corrected chi connectivity index (χ4v) is 2.70. The van der Waals surface area contributed by atoms with Crippen LogP contribution in [-0.2, 0) is 14.0 Å². The molecule has 2 rings (SSSR count). The van der Waals surface area contributed by atoms with Crippen LogP contribution in [0.2, 0.25) is 18.1 Å². The first-order valence-electron chi connectivity index (χ1n) is 5.47. The number of ketones is 1. The Kier molecular flexibility index (Phi) is 2.35. The molecule has 0 amide bonds. The first-order chi connectivity index (χ1) is 7.15. The van der Waals surface area contributed by atoms with Crippen molar-refractivity contribution < 1.29 is 19.1 Å². The van der Waals surface area contributed by atoms with Crippen LogP contribution in [0.15, 0.2) is 11.5 Å². The smallest absolute Gasteiger partial charge is 0.232 e. The number of hydrogen-bond donors (Lipinski definition) is 1. The first-order valence-corrected chi connectivity index (χ1v) is 8.38. The minimum atomic E-state index is -2.03. The molecule has 0 unspecified atom stereocenters. The molecule has 2 aliphatic rings. The standard InChI is InChI=1S/C11H18O4Si/c1-11(2,3)16(4,5)15-8-6(12)9-10(14-9)7(8)13/h6,8,12H,1-5H3/t6-,8+/m1/s1. The fraction of sp³-hybridized carbons (Fsp3) is 0.727. The minimum Gasteiger partial charge on any atom is -0.447 e. The molecule has 0 aromatic rings. The SMILES string of the molecule is CC(C)(C)[Si](C)(C)O[C@@H]1C(=O)C2=C(O2)[C@@H]1O. The van der Waals surface area contributed by atoms with Gasteiger partial charge in [-0.25, -0.2) is 0 Å². The van der Waals surface area contributed by atoms with Gasteiger partial charge >= 0.3 is 0 Å². The van der Waals surface area contributed by atoms with Crippen LogP contribution >= 0.6 is 0 Å². The molecule has 0 saturated carbocycles. The van der Waals surface area contributed by atoms with Gasteiger partial charge in [0.2, 0.25) is 11.5 Å². The maximum absolute atomic E-state index is 11.7. The predicted molar refractivity (Wildman–Crippen MR) is 61.2 cm³/mol. The van der Waals surface area contributed by atoms with Crippen LogP contribution in [0.3, 0.4) is 0 Å². The van der Waals surface area contributed by atoms with E-state index in [9.17, 15) is 9.90 Å². The van der Waals surface area contributed by atoms with E-state index in [1.54, 1.807) is 0 Å². The third-order valence-corrected chi connectivity index (χ3v) is 8.12. The monoisotopic (exact) mass is 242 g/mol. The van der Waals surface area contributed by atoms with Crippen molar-refractivity contribution in [1.82, 2.24) is 0 Å². The molecule has 90 valence electrons. The molecule has 0 fully saturated rings. The van der Waals surface area contributed by atoms with Crippen molar-refractivity contribution in [3.8, 4) is 0 Å². The summed E-state index contributed by atoms with van der Waals surface area (Å²) in [6.45, 7) is 10.4. The minimum absolute atomic E-state index is 0.0238. The van der Waals surface area contributed by atoms with E-state index in [1.807, 2.05) is 0 Å². The number of rotatable bonds is 2. The molecule has 4 nitrogen and oxygen atoms in total. The lowest BCUT2D eigenvalue weighted by Gasteiger charge is -2.38. The zero-order valence-electron chi connectivity index (χ0n) is 10.3. The summed E-state index contributed by atoms with van der Waals surface area (Å²) in [6.07, 6.45) is -1.63. The Hall–Kier alpha value is -0.653. The molecule has 0 bridgehead atoms. The third-order valence-electron chi connectivity index (χ3n) is 3.66. The van der Waals surface area contributed by atoms with Gasteiger partial charge in [0, 0.05) is 0 Å². The topological polar surface area (TPSA) is 59.1 Å². The zero-order chi connectivity index (χ0) is 12.3. The second-order valence-electron chi connectivity index (χ2n) is 5.90. The van der Waals surface area contributed by atoms with Gasteiger partial charge in [-0.15, -0.1) is 0 Å². The summed E-state index contributed by atoms with van der Waals surface area (Å²) in [4.78, 5) is 11.7. The van der Waals surface area contributed by atoms with Crippen molar-refractivity contribution in [2.24, 2.45) is 0 Å². The van der Waals surface area contributed by atoms with Crippen molar-refractivity contribution in [1.29, 1.82) is 0 Å². The van der Waals surface area contributed by atoms with Gasteiger partial charge in [-0.3, -0.25) is 4.79 Å². The zero-order valence-corrected chi connectivity index (χ0v) is 11.3. The number of ether oxygens (including phenoxy) is 1. The van der Waals surface area contributed by atoms with E-state index in [-0.39, 0.29) is 10.8 Å². The van der Waals surface area contributed by atoms with Crippen LogP contribution in [0.5, 0.6) is 0 Å². The average molecular weight is 242 g/mol. The molecule has 1 aliphatic carbocycles. The molecule has 0 aromatic carbocycles. The van der Waals surface area contributed by atoms with Crippen LogP contribution in [0.1, 0.15) is 20.8 Å². The van der Waals surface area contributed by atoms with Crippen LogP contribution < -0.4 is 0 Å². The summed E-state index contributed by atoms with van der Waals surface area (Å²) in [6, 6.07) is 0. The summed E-state index contributed by atoms with van der Waals surface area (Å²) in [5.74, 6) is 0.525. The lowest BCUT2D eigenvalue weighted by atomic mass is 10.2. The Morgan fingerprint density at radius 1 is 1.38 bits per heavy atom. The van der Waals surface area contributed by atoms with E-state index in [1.165, 1.54) is 0 Å². The summed E-state index contributed by atoms with van der Waals surface area (Å²) in [7, 11) is -2.03. The highest BCUT2D eigenvalue weighted by Crippen LogP contribution is 2.44. The Bertz CT molecular complexity index is 378. The van der Waals surface area contributed by atoms with Crippen LogP contribution in [0, 0.1) is 0 Å². The highest BCUT2D eigenvalue weighted by Gasteiger charge is 2.56. The van der Waals surface area contributed by atoms with Crippen LogP contribution in [-0.4, -0.2) is 31.4 Å². The predicted octanol–water partition coefficient (Wildman–Crippen LogP) is 1.56. The van der Waals surface area contributed by atoms with E-state index in [4.69, 9.17) is 9.16 Å². The second-order valence-corrected chi connectivity index (χ2v) is 10.7. The number of hydrogen-bond acceptors (Lipinski definition) is 4. The van der Waals surface area contributed by atoms with Gasteiger partial charge in [-0.05, 0) is 18.1 Å². The first kappa shape index (κ1) is 11.8. The lowest BCUT2D eigenvalue weighted by Crippen LogP contribution is -2.49. The van der Waals surface area contributed by atoms with Crippen LogP contribution in [0.25, 0.3) is 0 Å². The molecule has 16 heavy (non-hydrogen) atoms. The molecule has 1 heterocycles. The number of aliphatic hydroxyl groups is 1. The molecule has 0 saturated heterocycles. The Balaban J connectivity index is 2.10. The number of aliphatic hydroxyl groups excluding tert-OH is 1. The Morgan fingerprint density at radius 2 is 1.94 bits per heavy atom. The quantitative estimate of drug-likeness (QED) is 0.747. The maximum Gasteiger partial charge on any atom is 0.232 e. The molecule has 1 aliphatic heterocycles. The molecule has 5 heteroatoms. The van der Waals surface area contributed by atoms with Crippen molar-refractivity contribution in [2.45, 2.75) is 51.1 Å². The van der Waals surface area contributed by atoms with E-state index in [2.05, 4.69) is 33.9 Å². The highest BCUT2D eigenvalue weighted by molar-refractivity contribution is 6.74. The van der Waals surface area contributed by atoms with Crippen molar-refractivity contribution in [3.05, 3.63) is 11.5 Å².